The fourth-order valence-corrected chi connectivity index (χ4v) is 2.90. The van der Waals surface area contributed by atoms with Crippen molar-refractivity contribution in [3.05, 3.63) is 34.3 Å². The molecule has 3 nitrogen and oxygen atoms in total. The first-order valence-electron chi connectivity index (χ1n) is 7.39. The Kier molecular flexibility index (Phi) is 8.38. The Morgan fingerprint density at radius 3 is 2.65 bits per heavy atom. The zero-order chi connectivity index (χ0) is 15.0. The molecule has 0 spiro atoms. The number of hydrogen-bond acceptors (Lipinski definition) is 3. The number of nitrogens with one attached hydrogen (secondary N) is 1. The molecule has 0 aliphatic carbocycles. The molecule has 20 heavy (non-hydrogen) atoms. The van der Waals surface area contributed by atoms with E-state index < -0.39 is 0 Å². The number of benzene rings is 1. The van der Waals surface area contributed by atoms with E-state index >= 15 is 0 Å². The van der Waals surface area contributed by atoms with Crippen molar-refractivity contribution in [1.29, 1.82) is 0 Å². The van der Waals surface area contributed by atoms with Gasteiger partial charge in [-0.3, -0.25) is 0 Å². The Balaban J connectivity index is 2.63. The zero-order valence-corrected chi connectivity index (χ0v) is 14.4. The van der Waals surface area contributed by atoms with E-state index in [1.54, 1.807) is 0 Å². The summed E-state index contributed by atoms with van der Waals surface area (Å²) >= 11 is 3.64. The third-order valence-electron chi connectivity index (χ3n) is 3.30. The molecule has 2 unspecified atom stereocenters. The van der Waals surface area contributed by atoms with Gasteiger partial charge in [0.15, 0.2) is 0 Å². The Morgan fingerprint density at radius 1 is 1.35 bits per heavy atom. The molecule has 0 aliphatic rings. The molecule has 0 aliphatic heterocycles. The van der Waals surface area contributed by atoms with Crippen LogP contribution in [0.1, 0.15) is 38.3 Å². The molecule has 0 saturated carbocycles. The predicted molar refractivity (Wildman–Crippen MR) is 89.0 cm³/mol. The van der Waals surface area contributed by atoms with Gasteiger partial charge in [-0.15, -0.1) is 0 Å². The first-order chi connectivity index (χ1) is 9.54. The third-order valence-corrected chi connectivity index (χ3v) is 4.02. The average molecular weight is 343 g/mol. The molecular weight excluding hydrogens is 316 g/mol. The van der Waals surface area contributed by atoms with Crippen LogP contribution in [-0.2, 0) is 0 Å². The molecule has 1 rings (SSSR count). The zero-order valence-electron chi connectivity index (χ0n) is 12.8. The second-order valence-corrected chi connectivity index (χ2v) is 6.28. The maximum atomic E-state index is 9.43. The topological polar surface area (TPSA) is 35.5 Å². The lowest BCUT2D eigenvalue weighted by molar-refractivity contribution is 0.139. The van der Waals surface area contributed by atoms with E-state index in [1.807, 2.05) is 13.0 Å². The van der Waals surface area contributed by atoms with Crippen molar-refractivity contribution in [2.24, 2.45) is 0 Å². The minimum atomic E-state index is -0.273. The van der Waals surface area contributed by atoms with Gasteiger partial charge in [0.25, 0.3) is 0 Å². The predicted octanol–water partition coefficient (Wildman–Crippen LogP) is 3.19. The van der Waals surface area contributed by atoms with Crippen molar-refractivity contribution in [1.82, 2.24) is 10.2 Å². The van der Waals surface area contributed by atoms with Crippen molar-refractivity contribution in [2.45, 2.75) is 38.8 Å². The highest BCUT2D eigenvalue weighted by molar-refractivity contribution is 9.10. The van der Waals surface area contributed by atoms with Crippen LogP contribution in [0.4, 0.5) is 0 Å². The summed E-state index contributed by atoms with van der Waals surface area (Å²) in [6.07, 6.45) is 1.89. The lowest BCUT2D eigenvalue weighted by atomic mass is 10.0. The SMILES string of the molecule is CCCNC(CCN(C)CC(C)O)c1ccccc1Br. The quantitative estimate of drug-likeness (QED) is 0.723. The number of aliphatic hydroxyl groups excluding tert-OH is 1. The normalized spacial score (nSPS) is 14.5. The lowest BCUT2D eigenvalue weighted by Gasteiger charge is -2.24. The number of rotatable bonds is 9. The summed E-state index contributed by atoms with van der Waals surface area (Å²) < 4.78 is 1.16. The molecule has 114 valence electrons. The second-order valence-electron chi connectivity index (χ2n) is 5.43. The van der Waals surface area contributed by atoms with Gasteiger partial charge in [0, 0.05) is 17.1 Å². The molecule has 1 aromatic rings. The van der Waals surface area contributed by atoms with E-state index in [2.05, 4.69) is 58.3 Å². The van der Waals surface area contributed by atoms with E-state index in [4.69, 9.17) is 0 Å². The monoisotopic (exact) mass is 342 g/mol. The first kappa shape index (κ1) is 17.6. The highest BCUT2D eigenvalue weighted by Crippen LogP contribution is 2.25. The van der Waals surface area contributed by atoms with Gasteiger partial charge in [-0.2, -0.15) is 0 Å². The van der Waals surface area contributed by atoms with E-state index in [0.29, 0.717) is 6.04 Å². The fraction of sp³-hybridized carbons (Fsp3) is 0.625. The van der Waals surface area contributed by atoms with Crippen LogP contribution in [0, 0.1) is 0 Å². The Morgan fingerprint density at radius 2 is 2.05 bits per heavy atom. The fourth-order valence-electron chi connectivity index (χ4n) is 2.34. The standard InChI is InChI=1S/C16H27BrN2O/c1-4-10-18-16(9-11-19(3)12-13(2)20)14-7-5-6-8-15(14)17/h5-8,13,16,18,20H,4,9-12H2,1-3H3. The van der Waals surface area contributed by atoms with Crippen LogP contribution in [0.15, 0.2) is 28.7 Å². The lowest BCUT2D eigenvalue weighted by Crippen LogP contribution is -2.31. The van der Waals surface area contributed by atoms with Gasteiger partial charge in [-0.05, 0) is 51.5 Å². The molecule has 0 bridgehead atoms. The van der Waals surface area contributed by atoms with Crippen LogP contribution < -0.4 is 5.32 Å². The average Bonchev–Trinajstić information content (AvgIpc) is 2.39. The van der Waals surface area contributed by atoms with Crippen molar-refractivity contribution in [3.8, 4) is 0 Å². The third kappa shape index (κ3) is 6.35. The smallest absolute Gasteiger partial charge is 0.0638 e. The maximum absolute atomic E-state index is 9.43. The molecule has 0 amide bonds. The first-order valence-corrected chi connectivity index (χ1v) is 8.18. The van der Waals surface area contributed by atoms with Crippen molar-refractivity contribution in [3.63, 3.8) is 0 Å². The van der Waals surface area contributed by atoms with Crippen molar-refractivity contribution >= 4 is 15.9 Å². The molecule has 0 heterocycles. The van der Waals surface area contributed by atoms with Gasteiger partial charge in [-0.1, -0.05) is 41.1 Å². The molecule has 0 radical (unpaired) electrons. The van der Waals surface area contributed by atoms with E-state index in [-0.39, 0.29) is 6.10 Å². The van der Waals surface area contributed by atoms with Gasteiger partial charge in [-0.25, -0.2) is 0 Å². The Hall–Kier alpha value is -0.420. The molecular formula is C16H27BrN2O. The number of nitrogens with zero attached hydrogens (tertiary/aromatic N) is 1. The molecule has 1 aromatic carbocycles. The van der Waals surface area contributed by atoms with Crippen LogP contribution in [-0.4, -0.2) is 42.8 Å². The summed E-state index contributed by atoms with van der Waals surface area (Å²) in [7, 11) is 2.06. The minimum absolute atomic E-state index is 0.273. The van der Waals surface area contributed by atoms with Gasteiger partial charge >= 0.3 is 0 Å². The second kappa shape index (κ2) is 9.50. The van der Waals surface area contributed by atoms with Crippen LogP contribution in [0.2, 0.25) is 0 Å². The van der Waals surface area contributed by atoms with Crippen molar-refractivity contribution < 1.29 is 5.11 Å². The van der Waals surface area contributed by atoms with E-state index in [9.17, 15) is 5.11 Å². The van der Waals surface area contributed by atoms with Gasteiger partial charge in [0.2, 0.25) is 0 Å². The van der Waals surface area contributed by atoms with Crippen molar-refractivity contribution in [2.75, 3.05) is 26.7 Å². The van der Waals surface area contributed by atoms with Gasteiger partial charge < -0.3 is 15.3 Å². The summed E-state index contributed by atoms with van der Waals surface area (Å²) in [6.45, 7) is 6.72. The number of likely N-dealkylation sites (N-methyl/N-ethyl adjacent to an activating group) is 1. The van der Waals surface area contributed by atoms with E-state index in [1.165, 1.54) is 5.56 Å². The van der Waals surface area contributed by atoms with Crippen LogP contribution in [0.3, 0.4) is 0 Å². The van der Waals surface area contributed by atoms with Gasteiger partial charge in [0.05, 0.1) is 6.10 Å². The summed E-state index contributed by atoms with van der Waals surface area (Å²) in [5, 5.41) is 13.0. The Labute approximate surface area is 131 Å². The molecule has 4 heteroatoms. The molecule has 0 fully saturated rings. The maximum Gasteiger partial charge on any atom is 0.0638 e. The number of halogens is 1. The highest BCUT2D eigenvalue weighted by Gasteiger charge is 2.14. The van der Waals surface area contributed by atoms with E-state index in [0.717, 1.165) is 36.9 Å². The largest absolute Gasteiger partial charge is 0.392 e. The minimum Gasteiger partial charge on any atom is -0.392 e. The summed E-state index contributed by atoms with van der Waals surface area (Å²) in [5.41, 5.74) is 1.31. The number of hydrogen-bond donors (Lipinski definition) is 2. The van der Waals surface area contributed by atoms with Crippen LogP contribution in [0.25, 0.3) is 0 Å². The highest BCUT2D eigenvalue weighted by atomic mass is 79.9. The molecule has 2 atom stereocenters. The molecule has 2 N–H and O–H groups in total. The van der Waals surface area contributed by atoms with Crippen LogP contribution in [0.5, 0.6) is 0 Å². The molecule has 0 saturated heterocycles. The van der Waals surface area contributed by atoms with Crippen LogP contribution >= 0.6 is 15.9 Å². The van der Waals surface area contributed by atoms with Gasteiger partial charge in [0.1, 0.15) is 0 Å². The molecule has 0 aromatic heterocycles. The number of aliphatic hydroxyl groups is 1. The summed E-state index contributed by atoms with van der Waals surface area (Å²) in [6, 6.07) is 8.74. The summed E-state index contributed by atoms with van der Waals surface area (Å²) in [4.78, 5) is 2.18. The summed E-state index contributed by atoms with van der Waals surface area (Å²) in [5.74, 6) is 0. The Bertz CT molecular complexity index is 384.